The van der Waals surface area contributed by atoms with Gasteiger partial charge in [0.2, 0.25) is 0 Å². The number of rotatable bonds is 8. The summed E-state index contributed by atoms with van der Waals surface area (Å²) in [4.78, 5) is 4.79. The van der Waals surface area contributed by atoms with Crippen LogP contribution in [0.25, 0.3) is 0 Å². The maximum Gasteiger partial charge on any atom is 0.0194 e. The zero-order valence-corrected chi connectivity index (χ0v) is 12.1. The van der Waals surface area contributed by atoms with E-state index in [2.05, 4.69) is 51.6 Å². The van der Waals surface area contributed by atoms with Gasteiger partial charge in [0.1, 0.15) is 0 Å². The lowest BCUT2D eigenvalue weighted by Gasteiger charge is -2.37. The Morgan fingerprint density at radius 1 is 1.25 bits per heavy atom. The van der Waals surface area contributed by atoms with Gasteiger partial charge in [-0.15, -0.1) is 0 Å². The molecule has 0 rings (SSSR count). The molecule has 16 heavy (non-hydrogen) atoms. The van der Waals surface area contributed by atoms with Crippen LogP contribution in [0, 0.1) is 5.41 Å². The van der Waals surface area contributed by atoms with Crippen LogP contribution in [0.1, 0.15) is 34.1 Å². The highest BCUT2D eigenvalue weighted by atomic mass is 15.2. The minimum Gasteiger partial charge on any atom is -0.330 e. The SMILES string of the molecule is CCN(CC(C)(CC)CN)C(C)CN(C)C. The van der Waals surface area contributed by atoms with Crippen LogP contribution in [-0.4, -0.2) is 56.1 Å². The van der Waals surface area contributed by atoms with Crippen molar-refractivity contribution in [2.24, 2.45) is 11.1 Å². The molecule has 0 fully saturated rings. The molecule has 2 atom stereocenters. The second kappa shape index (κ2) is 7.25. The van der Waals surface area contributed by atoms with E-state index in [1.165, 1.54) is 0 Å². The van der Waals surface area contributed by atoms with E-state index < -0.39 is 0 Å². The van der Waals surface area contributed by atoms with Crippen molar-refractivity contribution < 1.29 is 0 Å². The largest absolute Gasteiger partial charge is 0.330 e. The fourth-order valence-electron chi connectivity index (χ4n) is 2.03. The summed E-state index contributed by atoms with van der Waals surface area (Å²) >= 11 is 0. The molecule has 0 radical (unpaired) electrons. The molecule has 0 heterocycles. The summed E-state index contributed by atoms with van der Waals surface area (Å²) in [6.45, 7) is 13.1. The van der Waals surface area contributed by atoms with E-state index in [0.29, 0.717) is 6.04 Å². The molecule has 2 N–H and O–H groups in total. The highest BCUT2D eigenvalue weighted by Gasteiger charge is 2.25. The Morgan fingerprint density at radius 3 is 2.12 bits per heavy atom. The van der Waals surface area contributed by atoms with Crippen molar-refractivity contribution in [3.05, 3.63) is 0 Å². The lowest BCUT2D eigenvalue weighted by Crippen LogP contribution is -2.47. The van der Waals surface area contributed by atoms with Crippen molar-refractivity contribution in [2.75, 3.05) is 40.3 Å². The summed E-state index contributed by atoms with van der Waals surface area (Å²) in [5, 5.41) is 0. The van der Waals surface area contributed by atoms with Gasteiger partial charge in [-0.25, -0.2) is 0 Å². The molecule has 3 heteroatoms. The van der Waals surface area contributed by atoms with Crippen LogP contribution in [0.15, 0.2) is 0 Å². The standard InChI is InChI=1S/C13H31N3/c1-7-13(4,10-14)11-16(8-2)12(3)9-15(5)6/h12H,7-11,14H2,1-6H3. The van der Waals surface area contributed by atoms with E-state index in [1.807, 2.05) is 0 Å². The minimum absolute atomic E-state index is 0.260. The van der Waals surface area contributed by atoms with E-state index in [0.717, 1.165) is 32.6 Å². The van der Waals surface area contributed by atoms with E-state index in [4.69, 9.17) is 5.73 Å². The average molecular weight is 229 g/mol. The summed E-state index contributed by atoms with van der Waals surface area (Å²) < 4.78 is 0. The minimum atomic E-state index is 0.260. The van der Waals surface area contributed by atoms with Gasteiger partial charge in [0.05, 0.1) is 0 Å². The highest BCUT2D eigenvalue weighted by Crippen LogP contribution is 2.21. The van der Waals surface area contributed by atoms with Crippen LogP contribution in [0.3, 0.4) is 0 Å². The molecule has 2 unspecified atom stereocenters. The van der Waals surface area contributed by atoms with E-state index in [9.17, 15) is 0 Å². The molecule has 0 aromatic heterocycles. The first-order chi connectivity index (χ1) is 7.38. The molecule has 3 nitrogen and oxygen atoms in total. The molecule has 0 saturated carbocycles. The number of nitrogens with two attached hydrogens (primary N) is 1. The zero-order chi connectivity index (χ0) is 12.8. The number of hydrogen-bond acceptors (Lipinski definition) is 3. The van der Waals surface area contributed by atoms with E-state index >= 15 is 0 Å². The fourth-order valence-corrected chi connectivity index (χ4v) is 2.03. The van der Waals surface area contributed by atoms with Crippen LogP contribution in [0.5, 0.6) is 0 Å². The predicted molar refractivity (Wildman–Crippen MR) is 72.7 cm³/mol. The molecule has 0 aliphatic heterocycles. The summed E-state index contributed by atoms with van der Waals surface area (Å²) in [7, 11) is 4.26. The summed E-state index contributed by atoms with van der Waals surface area (Å²) in [5.74, 6) is 0. The van der Waals surface area contributed by atoms with Crippen LogP contribution in [-0.2, 0) is 0 Å². The Morgan fingerprint density at radius 2 is 1.81 bits per heavy atom. The molecule has 0 aromatic rings. The van der Waals surface area contributed by atoms with Crippen molar-refractivity contribution in [1.82, 2.24) is 9.80 Å². The van der Waals surface area contributed by atoms with Crippen molar-refractivity contribution in [3.63, 3.8) is 0 Å². The summed E-state index contributed by atoms with van der Waals surface area (Å²) in [6.07, 6.45) is 1.15. The first-order valence-corrected chi connectivity index (χ1v) is 6.47. The fraction of sp³-hybridized carbons (Fsp3) is 1.00. The van der Waals surface area contributed by atoms with E-state index in [-0.39, 0.29) is 5.41 Å². The Kier molecular flexibility index (Phi) is 7.20. The zero-order valence-electron chi connectivity index (χ0n) is 12.1. The van der Waals surface area contributed by atoms with Gasteiger partial charge in [-0.2, -0.15) is 0 Å². The number of nitrogens with zero attached hydrogens (tertiary/aromatic N) is 2. The molecule has 0 aliphatic rings. The maximum absolute atomic E-state index is 5.88. The molecule has 0 amide bonds. The number of hydrogen-bond donors (Lipinski definition) is 1. The second-order valence-electron chi connectivity index (χ2n) is 5.54. The highest BCUT2D eigenvalue weighted by molar-refractivity contribution is 4.80. The number of likely N-dealkylation sites (N-methyl/N-ethyl adjacent to an activating group) is 2. The second-order valence-corrected chi connectivity index (χ2v) is 5.54. The van der Waals surface area contributed by atoms with Gasteiger partial charge in [0.25, 0.3) is 0 Å². The molecular formula is C13H31N3. The van der Waals surface area contributed by atoms with Crippen molar-refractivity contribution in [2.45, 2.75) is 40.2 Å². The molecular weight excluding hydrogens is 198 g/mol. The van der Waals surface area contributed by atoms with Crippen LogP contribution in [0.4, 0.5) is 0 Å². The molecule has 0 bridgehead atoms. The monoisotopic (exact) mass is 229 g/mol. The third-order valence-electron chi connectivity index (χ3n) is 3.59. The van der Waals surface area contributed by atoms with Gasteiger partial charge < -0.3 is 10.6 Å². The Hall–Kier alpha value is -0.120. The summed E-state index contributed by atoms with van der Waals surface area (Å²) in [5.41, 5.74) is 6.15. The molecule has 98 valence electrons. The molecule has 0 saturated heterocycles. The molecule has 0 aromatic carbocycles. The average Bonchev–Trinajstić information content (AvgIpc) is 2.24. The topological polar surface area (TPSA) is 32.5 Å². The maximum atomic E-state index is 5.88. The Balaban J connectivity index is 4.38. The summed E-state index contributed by atoms with van der Waals surface area (Å²) in [6, 6.07) is 0.595. The van der Waals surface area contributed by atoms with E-state index in [1.54, 1.807) is 0 Å². The van der Waals surface area contributed by atoms with Gasteiger partial charge in [0, 0.05) is 19.1 Å². The quantitative estimate of drug-likeness (QED) is 0.687. The Bertz CT molecular complexity index is 176. The van der Waals surface area contributed by atoms with Crippen molar-refractivity contribution in [3.8, 4) is 0 Å². The third-order valence-corrected chi connectivity index (χ3v) is 3.59. The molecule has 0 aliphatic carbocycles. The normalized spacial score (nSPS) is 17.8. The first-order valence-electron chi connectivity index (χ1n) is 6.47. The molecule has 0 spiro atoms. The lowest BCUT2D eigenvalue weighted by molar-refractivity contribution is 0.116. The van der Waals surface area contributed by atoms with Crippen LogP contribution < -0.4 is 5.73 Å². The Labute approximate surface area is 102 Å². The van der Waals surface area contributed by atoms with Crippen LogP contribution in [0.2, 0.25) is 0 Å². The van der Waals surface area contributed by atoms with Crippen molar-refractivity contribution >= 4 is 0 Å². The van der Waals surface area contributed by atoms with Gasteiger partial charge in [-0.05, 0) is 45.9 Å². The smallest absolute Gasteiger partial charge is 0.0194 e. The van der Waals surface area contributed by atoms with Crippen LogP contribution >= 0.6 is 0 Å². The third kappa shape index (κ3) is 5.28. The predicted octanol–water partition coefficient (Wildman–Crippen LogP) is 1.63. The first kappa shape index (κ1) is 15.9. The van der Waals surface area contributed by atoms with Crippen molar-refractivity contribution in [1.29, 1.82) is 0 Å². The van der Waals surface area contributed by atoms with Gasteiger partial charge >= 0.3 is 0 Å². The lowest BCUT2D eigenvalue weighted by atomic mass is 9.86. The van der Waals surface area contributed by atoms with Gasteiger partial charge in [0.15, 0.2) is 0 Å². The van der Waals surface area contributed by atoms with Gasteiger partial charge in [-0.1, -0.05) is 20.8 Å². The van der Waals surface area contributed by atoms with Gasteiger partial charge in [-0.3, -0.25) is 4.90 Å².